The van der Waals surface area contributed by atoms with Crippen LogP contribution in [0.5, 0.6) is 0 Å². The largest absolute Gasteiger partial charge is 0.462 e. The van der Waals surface area contributed by atoms with Crippen molar-refractivity contribution in [3.63, 3.8) is 0 Å². The molecule has 1 amide bonds. The number of nitrogens with two attached hydrogens (primary N) is 1. The number of benzene rings is 1. The number of allylic oxidation sites excluding steroid dienone is 1. The van der Waals surface area contributed by atoms with Gasteiger partial charge in [-0.2, -0.15) is 0 Å². The summed E-state index contributed by atoms with van der Waals surface area (Å²) in [6.45, 7) is 3.68. The molecule has 0 saturated carbocycles. The molecule has 0 unspecified atom stereocenters. The molecule has 2 atom stereocenters. The molecule has 3 N–H and O–H groups in total. The van der Waals surface area contributed by atoms with Crippen LogP contribution in [-0.4, -0.2) is 24.3 Å². The summed E-state index contributed by atoms with van der Waals surface area (Å²) in [5, 5.41) is 2.80. The van der Waals surface area contributed by atoms with Crippen LogP contribution in [0.3, 0.4) is 0 Å². The molecule has 0 fully saturated rings. The second-order valence-corrected chi connectivity index (χ2v) is 8.11. The van der Waals surface area contributed by atoms with Crippen LogP contribution in [-0.2, 0) is 29.3 Å². The highest BCUT2D eigenvalue weighted by atomic mass is 79.9. The van der Waals surface area contributed by atoms with Gasteiger partial charge in [0.15, 0.2) is 5.78 Å². The van der Waals surface area contributed by atoms with Gasteiger partial charge in [0, 0.05) is 28.6 Å². The Morgan fingerprint density at radius 1 is 1.39 bits per heavy atom. The topological polar surface area (TPSA) is 108 Å². The molecule has 0 bridgehead atoms. The number of anilines is 1. The maximum atomic E-state index is 13.4. The minimum Gasteiger partial charge on any atom is -0.462 e. The van der Waals surface area contributed by atoms with Gasteiger partial charge in [-0.05, 0) is 31.0 Å². The number of fused-ring (bicyclic) bond motifs is 3. The normalized spacial score (nSPS) is 26.0. The molecule has 28 heavy (non-hydrogen) atoms. The van der Waals surface area contributed by atoms with E-state index in [4.69, 9.17) is 15.2 Å². The molecule has 0 saturated heterocycles. The van der Waals surface area contributed by atoms with Crippen LogP contribution in [0.4, 0.5) is 5.69 Å². The maximum absolute atomic E-state index is 13.4. The van der Waals surface area contributed by atoms with E-state index in [2.05, 4.69) is 21.2 Å². The number of rotatable bonds is 2. The molecule has 1 aromatic carbocycles. The molecule has 4 rings (SSSR count). The zero-order valence-electron chi connectivity index (χ0n) is 15.4. The fraction of sp³-hybridized carbons (Fsp3) is 0.350. The van der Waals surface area contributed by atoms with Gasteiger partial charge in [0.2, 0.25) is 11.8 Å². The van der Waals surface area contributed by atoms with Gasteiger partial charge < -0.3 is 20.5 Å². The fourth-order valence-corrected chi connectivity index (χ4v) is 4.66. The van der Waals surface area contributed by atoms with Gasteiger partial charge in [-0.1, -0.05) is 22.9 Å². The Balaban J connectivity index is 2.08. The van der Waals surface area contributed by atoms with Crippen LogP contribution < -0.4 is 11.1 Å². The Hall–Kier alpha value is -2.61. The SMILES string of the molecule is CCOC(=O)C1=C(N)OC2=C(C(=O)C[C@@H](C)C2)[C@@]12C(=O)Nc1ccc(Br)cc12. The van der Waals surface area contributed by atoms with Crippen molar-refractivity contribution >= 4 is 39.3 Å². The average Bonchev–Trinajstić information content (AvgIpc) is 2.87. The van der Waals surface area contributed by atoms with Gasteiger partial charge in [0.05, 0.1) is 12.2 Å². The van der Waals surface area contributed by atoms with E-state index in [0.29, 0.717) is 27.9 Å². The van der Waals surface area contributed by atoms with Crippen LogP contribution in [0.2, 0.25) is 0 Å². The lowest BCUT2D eigenvalue weighted by molar-refractivity contribution is -0.141. The Morgan fingerprint density at radius 3 is 2.86 bits per heavy atom. The summed E-state index contributed by atoms with van der Waals surface area (Å²) in [6, 6.07) is 5.21. The van der Waals surface area contributed by atoms with E-state index in [-0.39, 0.29) is 41.8 Å². The zero-order chi connectivity index (χ0) is 20.2. The fourth-order valence-electron chi connectivity index (χ4n) is 4.30. The molecular weight excluding hydrogens is 428 g/mol. The van der Waals surface area contributed by atoms with Crippen LogP contribution in [0.1, 0.15) is 32.3 Å². The predicted octanol–water partition coefficient (Wildman–Crippen LogP) is 2.66. The van der Waals surface area contributed by atoms with E-state index < -0.39 is 17.3 Å². The van der Waals surface area contributed by atoms with Crippen molar-refractivity contribution in [3.8, 4) is 0 Å². The number of ether oxygens (including phenoxy) is 2. The summed E-state index contributed by atoms with van der Waals surface area (Å²) in [5.74, 6) is -1.33. The third kappa shape index (κ3) is 2.44. The molecule has 7 nitrogen and oxygen atoms in total. The number of carbonyl (C=O) groups is 3. The molecular formula is C20H19BrN2O5. The molecule has 1 aliphatic carbocycles. The lowest BCUT2D eigenvalue weighted by atomic mass is 9.64. The number of nitrogens with one attached hydrogen (secondary N) is 1. The highest BCUT2D eigenvalue weighted by Crippen LogP contribution is 2.55. The first kappa shape index (κ1) is 18.7. The number of hydrogen-bond donors (Lipinski definition) is 2. The summed E-state index contributed by atoms with van der Waals surface area (Å²) in [7, 11) is 0. The molecule has 1 aromatic rings. The van der Waals surface area contributed by atoms with Gasteiger partial charge in [0.1, 0.15) is 16.7 Å². The first-order chi connectivity index (χ1) is 13.3. The van der Waals surface area contributed by atoms with Gasteiger partial charge in [-0.15, -0.1) is 0 Å². The Labute approximate surface area is 170 Å². The van der Waals surface area contributed by atoms with Crippen molar-refractivity contribution in [2.45, 2.75) is 32.1 Å². The second kappa shape index (κ2) is 6.48. The number of amides is 1. The molecule has 8 heteroatoms. The first-order valence-electron chi connectivity index (χ1n) is 9.04. The van der Waals surface area contributed by atoms with E-state index in [1.54, 1.807) is 25.1 Å². The zero-order valence-corrected chi connectivity index (χ0v) is 17.0. The quantitative estimate of drug-likeness (QED) is 0.676. The molecule has 0 radical (unpaired) electrons. The number of esters is 1. The predicted molar refractivity (Wildman–Crippen MR) is 104 cm³/mol. The molecule has 3 aliphatic rings. The summed E-state index contributed by atoms with van der Waals surface area (Å²) in [6.07, 6.45) is 0.715. The lowest BCUT2D eigenvalue weighted by Crippen LogP contribution is -2.49. The number of halogens is 1. The third-order valence-electron chi connectivity index (χ3n) is 5.31. The molecule has 0 aromatic heterocycles. The van der Waals surface area contributed by atoms with Crippen LogP contribution >= 0.6 is 15.9 Å². The average molecular weight is 447 g/mol. The third-order valence-corrected chi connectivity index (χ3v) is 5.80. The van der Waals surface area contributed by atoms with Gasteiger partial charge in [-0.25, -0.2) is 4.79 Å². The number of carbonyl (C=O) groups excluding carboxylic acids is 3. The summed E-state index contributed by atoms with van der Waals surface area (Å²) >= 11 is 3.42. The Bertz CT molecular complexity index is 996. The number of Topliss-reactive ketones (excluding diaryl/α,β-unsaturated/α-hetero) is 1. The highest BCUT2D eigenvalue weighted by molar-refractivity contribution is 9.10. The van der Waals surface area contributed by atoms with Crippen molar-refractivity contribution in [3.05, 3.63) is 51.0 Å². The van der Waals surface area contributed by atoms with E-state index in [9.17, 15) is 14.4 Å². The molecule has 2 aliphatic heterocycles. The van der Waals surface area contributed by atoms with Gasteiger partial charge >= 0.3 is 5.97 Å². The first-order valence-corrected chi connectivity index (χ1v) is 9.83. The van der Waals surface area contributed by atoms with Crippen LogP contribution in [0.25, 0.3) is 0 Å². The Kier molecular flexibility index (Phi) is 4.33. The van der Waals surface area contributed by atoms with E-state index in [1.165, 1.54) is 0 Å². The summed E-state index contributed by atoms with van der Waals surface area (Å²) in [4.78, 5) is 39.4. The van der Waals surface area contributed by atoms with Crippen molar-refractivity contribution in [2.75, 3.05) is 11.9 Å². The maximum Gasteiger partial charge on any atom is 0.341 e. The van der Waals surface area contributed by atoms with Crippen molar-refractivity contribution in [2.24, 2.45) is 11.7 Å². The van der Waals surface area contributed by atoms with E-state index in [0.717, 1.165) is 0 Å². The van der Waals surface area contributed by atoms with Crippen LogP contribution in [0.15, 0.2) is 45.5 Å². The molecule has 146 valence electrons. The molecule has 2 heterocycles. The number of hydrogen-bond acceptors (Lipinski definition) is 6. The highest BCUT2D eigenvalue weighted by Gasteiger charge is 2.62. The minimum absolute atomic E-state index is 0.0479. The van der Waals surface area contributed by atoms with E-state index in [1.807, 2.05) is 6.92 Å². The minimum atomic E-state index is -1.68. The standard InChI is InChI=1S/C20H19BrN2O5/c1-3-27-18(25)16-17(22)28-14-7-9(2)6-13(24)15(14)20(16)11-8-10(21)4-5-12(11)23-19(20)26/h4-5,8-9H,3,6-7,22H2,1-2H3,(H,23,26)/t9-,20-/m1/s1. The van der Waals surface area contributed by atoms with Gasteiger partial charge in [-0.3, -0.25) is 9.59 Å². The molecule has 1 spiro atoms. The van der Waals surface area contributed by atoms with Crippen molar-refractivity contribution in [1.82, 2.24) is 0 Å². The van der Waals surface area contributed by atoms with Crippen molar-refractivity contribution in [1.29, 1.82) is 0 Å². The second-order valence-electron chi connectivity index (χ2n) is 7.19. The van der Waals surface area contributed by atoms with Crippen molar-refractivity contribution < 1.29 is 23.9 Å². The van der Waals surface area contributed by atoms with Crippen LogP contribution in [0, 0.1) is 5.92 Å². The smallest absolute Gasteiger partial charge is 0.341 e. The summed E-state index contributed by atoms with van der Waals surface area (Å²) in [5.41, 5.74) is 5.49. The monoisotopic (exact) mass is 446 g/mol. The lowest BCUT2D eigenvalue weighted by Gasteiger charge is -2.39. The Morgan fingerprint density at radius 2 is 2.14 bits per heavy atom. The summed E-state index contributed by atoms with van der Waals surface area (Å²) < 4.78 is 11.6. The number of ketones is 1. The van der Waals surface area contributed by atoms with Gasteiger partial charge in [0.25, 0.3) is 0 Å². The van der Waals surface area contributed by atoms with E-state index >= 15 is 0 Å².